The van der Waals surface area contributed by atoms with E-state index < -0.39 is 0 Å². The standard InChI is InChI=1S/C11H10Cl2N2O2/c12-6-16-10-11(17-7-13)15-9(14-10)8-4-2-1-3-5-8/h1-5H,6-7H2,(H,14,15). The van der Waals surface area contributed by atoms with Gasteiger partial charge in [0, 0.05) is 5.56 Å². The van der Waals surface area contributed by atoms with Crippen molar-refractivity contribution < 1.29 is 9.47 Å². The van der Waals surface area contributed by atoms with Crippen LogP contribution in [-0.2, 0) is 0 Å². The van der Waals surface area contributed by atoms with E-state index in [9.17, 15) is 0 Å². The predicted molar refractivity (Wildman–Crippen MR) is 66.7 cm³/mol. The number of rotatable bonds is 5. The Kier molecular flexibility index (Phi) is 4.12. The summed E-state index contributed by atoms with van der Waals surface area (Å²) in [5, 5.41) is 0. The van der Waals surface area contributed by atoms with E-state index in [1.54, 1.807) is 0 Å². The highest BCUT2D eigenvalue weighted by Crippen LogP contribution is 2.29. The van der Waals surface area contributed by atoms with Crippen molar-refractivity contribution in [3.05, 3.63) is 30.3 Å². The lowest BCUT2D eigenvalue weighted by molar-refractivity contribution is 0.317. The maximum absolute atomic E-state index is 5.50. The Hall–Kier alpha value is -1.39. The summed E-state index contributed by atoms with van der Waals surface area (Å²) in [6.07, 6.45) is 0. The maximum atomic E-state index is 5.50. The fourth-order valence-electron chi connectivity index (χ4n) is 1.38. The fourth-order valence-corrected chi connectivity index (χ4v) is 1.59. The average molecular weight is 273 g/mol. The number of H-pyrrole nitrogens is 1. The minimum absolute atomic E-state index is 0.00225. The largest absolute Gasteiger partial charge is 0.459 e. The quantitative estimate of drug-likeness (QED) is 0.851. The molecule has 0 radical (unpaired) electrons. The molecule has 1 aromatic heterocycles. The first-order valence-corrected chi connectivity index (χ1v) is 5.95. The Labute approximate surface area is 108 Å². The number of imidazole rings is 1. The van der Waals surface area contributed by atoms with E-state index in [1.165, 1.54) is 0 Å². The van der Waals surface area contributed by atoms with Crippen molar-refractivity contribution in [2.45, 2.75) is 0 Å². The van der Waals surface area contributed by atoms with Crippen LogP contribution in [0, 0.1) is 0 Å². The van der Waals surface area contributed by atoms with Crippen LogP contribution in [0.15, 0.2) is 30.3 Å². The highest BCUT2D eigenvalue weighted by atomic mass is 35.5. The second-order valence-corrected chi connectivity index (χ2v) is 3.53. The molecule has 0 unspecified atom stereocenters. The SMILES string of the molecule is ClCOc1nc(-c2ccccc2)[nH]c1OCCl. The van der Waals surface area contributed by atoms with Crippen molar-refractivity contribution in [1.82, 2.24) is 9.97 Å². The predicted octanol–water partition coefficient (Wildman–Crippen LogP) is 3.23. The second-order valence-electron chi connectivity index (χ2n) is 3.09. The topological polar surface area (TPSA) is 47.1 Å². The summed E-state index contributed by atoms with van der Waals surface area (Å²) in [4.78, 5) is 7.23. The number of hydrogen-bond acceptors (Lipinski definition) is 3. The van der Waals surface area contributed by atoms with Crippen molar-refractivity contribution in [3.8, 4) is 23.1 Å². The first-order chi connectivity index (χ1) is 8.35. The number of aromatic nitrogens is 2. The molecule has 6 heteroatoms. The monoisotopic (exact) mass is 272 g/mol. The Balaban J connectivity index is 2.33. The molecule has 0 atom stereocenters. The molecule has 4 nitrogen and oxygen atoms in total. The molecule has 0 spiro atoms. The summed E-state index contributed by atoms with van der Waals surface area (Å²) in [5.41, 5.74) is 0.927. The lowest BCUT2D eigenvalue weighted by Crippen LogP contribution is -1.94. The molecule has 0 fully saturated rings. The van der Waals surface area contributed by atoms with Gasteiger partial charge in [0.15, 0.2) is 12.1 Å². The highest BCUT2D eigenvalue weighted by molar-refractivity contribution is 6.17. The van der Waals surface area contributed by atoms with Crippen LogP contribution in [0.5, 0.6) is 11.8 Å². The Morgan fingerprint density at radius 1 is 1.06 bits per heavy atom. The second kappa shape index (κ2) is 5.80. The molecule has 1 N–H and O–H groups in total. The third kappa shape index (κ3) is 2.84. The van der Waals surface area contributed by atoms with Gasteiger partial charge in [-0.3, -0.25) is 0 Å². The van der Waals surface area contributed by atoms with Crippen LogP contribution in [0.1, 0.15) is 0 Å². The summed E-state index contributed by atoms with van der Waals surface area (Å²) in [6.45, 7) is 0. The van der Waals surface area contributed by atoms with Crippen molar-refractivity contribution in [1.29, 1.82) is 0 Å². The number of benzene rings is 1. The number of hydrogen-bond donors (Lipinski definition) is 1. The summed E-state index contributed by atoms with van der Waals surface area (Å²) in [7, 11) is 0. The van der Waals surface area contributed by atoms with Gasteiger partial charge >= 0.3 is 0 Å². The molecule has 0 aliphatic heterocycles. The molecule has 0 aliphatic rings. The van der Waals surface area contributed by atoms with Gasteiger partial charge in [0.1, 0.15) is 5.82 Å². The number of aromatic amines is 1. The van der Waals surface area contributed by atoms with E-state index in [2.05, 4.69) is 9.97 Å². The Morgan fingerprint density at radius 3 is 2.41 bits per heavy atom. The molecule has 1 aromatic carbocycles. The molecule has 2 aromatic rings. The minimum atomic E-state index is -0.00225. The lowest BCUT2D eigenvalue weighted by Gasteiger charge is -2.00. The van der Waals surface area contributed by atoms with Crippen molar-refractivity contribution in [2.24, 2.45) is 0 Å². The van der Waals surface area contributed by atoms with Crippen LogP contribution in [0.25, 0.3) is 11.4 Å². The van der Waals surface area contributed by atoms with Gasteiger partial charge in [-0.15, -0.1) is 0 Å². The number of halogens is 2. The lowest BCUT2D eigenvalue weighted by atomic mass is 10.2. The van der Waals surface area contributed by atoms with Gasteiger partial charge in [0.2, 0.25) is 0 Å². The zero-order chi connectivity index (χ0) is 12.1. The van der Waals surface area contributed by atoms with E-state index in [1.807, 2.05) is 30.3 Å². The molecular formula is C11H10Cl2N2O2. The first-order valence-electron chi connectivity index (χ1n) is 4.88. The minimum Gasteiger partial charge on any atom is -0.459 e. The van der Waals surface area contributed by atoms with Gasteiger partial charge in [-0.1, -0.05) is 53.5 Å². The highest BCUT2D eigenvalue weighted by Gasteiger charge is 2.13. The molecule has 0 bridgehead atoms. The number of nitrogens with zero attached hydrogens (tertiary/aromatic N) is 1. The van der Waals surface area contributed by atoms with Crippen LogP contribution in [-0.4, -0.2) is 22.1 Å². The summed E-state index contributed by atoms with van der Waals surface area (Å²) in [5.74, 6) is 1.32. The zero-order valence-electron chi connectivity index (χ0n) is 8.82. The summed E-state index contributed by atoms with van der Waals surface area (Å²) >= 11 is 11.0. The van der Waals surface area contributed by atoms with E-state index >= 15 is 0 Å². The molecule has 0 aliphatic carbocycles. The summed E-state index contributed by atoms with van der Waals surface area (Å²) in [6, 6.07) is 9.62. The molecule has 1 heterocycles. The van der Waals surface area contributed by atoms with Gasteiger partial charge in [0.25, 0.3) is 11.8 Å². The number of nitrogens with one attached hydrogen (secondary N) is 1. The number of ether oxygens (including phenoxy) is 2. The molecule has 0 saturated carbocycles. The Bertz CT molecular complexity index is 450. The van der Waals surface area contributed by atoms with Gasteiger partial charge in [-0.2, -0.15) is 4.98 Å². The molecule has 17 heavy (non-hydrogen) atoms. The van der Waals surface area contributed by atoms with E-state index in [0.29, 0.717) is 17.6 Å². The Morgan fingerprint density at radius 2 is 1.76 bits per heavy atom. The van der Waals surface area contributed by atoms with Crippen LogP contribution in [0.4, 0.5) is 0 Å². The van der Waals surface area contributed by atoms with Crippen LogP contribution in [0.3, 0.4) is 0 Å². The maximum Gasteiger partial charge on any atom is 0.279 e. The summed E-state index contributed by atoms with van der Waals surface area (Å²) < 4.78 is 10.3. The first kappa shape index (κ1) is 12.1. The molecule has 90 valence electrons. The van der Waals surface area contributed by atoms with Crippen molar-refractivity contribution >= 4 is 23.2 Å². The van der Waals surface area contributed by atoms with Gasteiger partial charge in [-0.25, -0.2) is 0 Å². The van der Waals surface area contributed by atoms with Gasteiger partial charge in [-0.05, 0) is 0 Å². The normalized spacial score (nSPS) is 10.2. The van der Waals surface area contributed by atoms with Gasteiger partial charge in [0.05, 0.1) is 0 Å². The van der Waals surface area contributed by atoms with Crippen molar-refractivity contribution in [3.63, 3.8) is 0 Å². The van der Waals surface area contributed by atoms with Gasteiger partial charge < -0.3 is 14.5 Å². The molecule has 0 amide bonds. The van der Waals surface area contributed by atoms with Crippen LogP contribution >= 0.6 is 23.2 Å². The third-order valence-corrected chi connectivity index (χ3v) is 2.30. The van der Waals surface area contributed by atoms with Crippen molar-refractivity contribution in [2.75, 3.05) is 12.1 Å². The zero-order valence-corrected chi connectivity index (χ0v) is 10.3. The average Bonchev–Trinajstić information content (AvgIpc) is 2.75. The van der Waals surface area contributed by atoms with E-state index in [0.717, 1.165) is 5.56 Å². The van der Waals surface area contributed by atoms with E-state index in [4.69, 9.17) is 32.7 Å². The molecule has 2 rings (SSSR count). The number of alkyl halides is 2. The van der Waals surface area contributed by atoms with E-state index in [-0.39, 0.29) is 12.1 Å². The van der Waals surface area contributed by atoms with Crippen LogP contribution < -0.4 is 9.47 Å². The molecular weight excluding hydrogens is 263 g/mol. The third-order valence-electron chi connectivity index (χ3n) is 2.08. The van der Waals surface area contributed by atoms with Crippen LogP contribution in [0.2, 0.25) is 0 Å². The smallest absolute Gasteiger partial charge is 0.279 e. The molecule has 0 saturated heterocycles. The fraction of sp³-hybridized carbons (Fsp3) is 0.182.